The van der Waals surface area contributed by atoms with E-state index in [1.165, 1.54) is 12.1 Å². The molecule has 6 nitrogen and oxygen atoms in total. The van der Waals surface area contributed by atoms with E-state index < -0.39 is 11.4 Å². The number of carbonyl (C=O) groups excluding carboxylic acids is 1. The van der Waals surface area contributed by atoms with E-state index in [1.54, 1.807) is 6.07 Å². The van der Waals surface area contributed by atoms with Gasteiger partial charge < -0.3 is 20.9 Å². The lowest BCUT2D eigenvalue weighted by Gasteiger charge is -2.34. The molecule has 1 aliphatic rings. The van der Waals surface area contributed by atoms with Gasteiger partial charge in [0.05, 0.1) is 11.0 Å². The minimum atomic E-state index is -1.05. The molecule has 0 bridgehead atoms. The van der Waals surface area contributed by atoms with Crippen LogP contribution in [0, 0.1) is 5.41 Å². The number of amides is 1. The van der Waals surface area contributed by atoms with Crippen LogP contribution >= 0.6 is 15.9 Å². The van der Waals surface area contributed by atoms with E-state index >= 15 is 0 Å². The van der Waals surface area contributed by atoms with Crippen molar-refractivity contribution in [2.45, 2.75) is 12.8 Å². The Kier molecular flexibility index (Phi) is 4.97. The van der Waals surface area contributed by atoms with Crippen LogP contribution in [0.3, 0.4) is 0 Å². The van der Waals surface area contributed by atoms with Gasteiger partial charge in [-0.3, -0.25) is 4.79 Å². The standard InChI is InChI=1S/C14H17BrN2O4/c15-10-5-9(12(18)19)6-11(7-10)17-13(20)14(8-16)1-3-21-4-2-14/h5-7H,1-4,8,16H2,(H,17,20)(H,18,19). The second-order valence-corrected chi connectivity index (χ2v) is 6.00. The molecule has 7 heteroatoms. The molecule has 1 amide bonds. The van der Waals surface area contributed by atoms with Crippen molar-refractivity contribution in [3.05, 3.63) is 28.2 Å². The topological polar surface area (TPSA) is 102 Å². The Balaban J connectivity index is 2.20. The van der Waals surface area contributed by atoms with Crippen LogP contribution in [0.2, 0.25) is 0 Å². The normalized spacial score (nSPS) is 17.2. The Hall–Kier alpha value is -1.44. The highest BCUT2D eigenvalue weighted by Gasteiger charge is 2.38. The molecule has 0 aromatic heterocycles. The number of halogens is 1. The third-order valence-electron chi connectivity index (χ3n) is 3.72. The predicted molar refractivity (Wildman–Crippen MR) is 81.3 cm³/mol. The summed E-state index contributed by atoms with van der Waals surface area (Å²) in [6.45, 7) is 1.24. The number of benzene rings is 1. The minimum absolute atomic E-state index is 0.105. The van der Waals surface area contributed by atoms with Crippen LogP contribution in [0.1, 0.15) is 23.2 Å². The molecule has 21 heavy (non-hydrogen) atoms. The maximum Gasteiger partial charge on any atom is 0.335 e. The fraction of sp³-hybridized carbons (Fsp3) is 0.429. The number of nitrogens with two attached hydrogens (primary N) is 1. The highest BCUT2D eigenvalue weighted by molar-refractivity contribution is 9.10. The van der Waals surface area contributed by atoms with Gasteiger partial charge in [0, 0.05) is 29.9 Å². The lowest BCUT2D eigenvalue weighted by Crippen LogP contribution is -2.46. The van der Waals surface area contributed by atoms with Gasteiger partial charge in [0.2, 0.25) is 5.91 Å². The molecule has 0 atom stereocenters. The van der Waals surface area contributed by atoms with Crippen molar-refractivity contribution in [3.8, 4) is 0 Å². The third kappa shape index (κ3) is 3.61. The van der Waals surface area contributed by atoms with Crippen LogP contribution in [-0.2, 0) is 9.53 Å². The molecule has 0 aliphatic carbocycles. The molecule has 1 heterocycles. The monoisotopic (exact) mass is 356 g/mol. The first-order chi connectivity index (χ1) is 9.97. The van der Waals surface area contributed by atoms with Crippen molar-refractivity contribution < 1.29 is 19.4 Å². The molecule has 0 unspecified atom stereocenters. The summed E-state index contributed by atoms with van der Waals surface area (Å²) in [5.74, 6) is -1.24. The predicted octanol–water partition coefficient (Wildman–Crippen LogP) is 1.84. The largest absolute Gasteiger partial charge is 0.478 e. The number of hydrogen-bond acceptors (Lipinski definition) is 4. The van der Waals surface area contributed by atoms with Crippen LogP contribution in [0.15, 0.2) is 22.7 Å². The SMILES string of the molecule is NCC1(C(=O)Nc2cc(Br)cc(C(=O)O)c2)CCOCC1. The quantitative estimate of drug-likeness (QED) is 0.763. The van der Waals surface area contributed by atoms with Gasteiger partial charge in [0.1, 0.15) is 0 Å². The van der Waals surface area contributed by atoms with Crippen molar-refractivity contribution in [1.82, 2.24) is 0 Å². The minimum Gasteiger partial charge on any atom is -0.478 e. The van der Waals surface area contributed by atoms with E-state index in [-0.39, 0.29) is 18.0 Å². The van der Waals surface area contributed by atoms with E-state index in [1.807, 2.05) is 0 Å². The first-order valence-electron chi connectivity index (χ1n) is 6.60. The van der Waals surface area contributed by atoms with Crippen molar-refractivity contribution in [1.29, 1.82) is 0 Å². The van der Waals surface area contributed by atoms with Crippen LogP contribution in [0.5, 0.6) is 0 Å². The first-order valence-corrected chi connectivity index (χ1v) is 7.39. The average Bonchev–Trinajstić information content (AvgIpc) is 2.47. The summed E-state index contributed by atoms with van der Waals surface area (Å²) in [6, 6.07) is 4.56. The number of carboxylic acids is 1. The smallest absolute Gasteiger partial charge is 0.335 e. The second kappa shape index (κ2) is 6.55. The zero-order valence-corrected chi connectivity index (χ0v) is 13.0. The van der Waals surface area contributed by atoms with Gasteiger partial charge in [-0.15, -0.1) is 0 Å². The maximum absolute atomic E-state index is 12.5. The zero-order valence-electron chi connectivity index (χ0n) is 11.4. The molecular formula is C14H17BrN2O4. The first kappa shape index (κ1) is 15.9. The third-order valence-corrected chi connectivity index (χ3v) is 4.18. The van der Waals surface area contributed by atoms with Gasteiger partial charge >= 0.3 is 5.97 Å². The molecule has 1 aromatic rings. The van der Waals surface area contributed by atoms with Crippen LogP contribution in [0.4, 0.5) is 5.69 Å². The summed E-state index contributed by atoms with van der Waals surface area (Å²) < 4.78 is 5.87. The summed E-state index contributed by atoms with van der Waals surface area (Å²) in [5, 5.41) is 11.8. The molecule has 1 fully saturated rings. The average molecular weight is 357 g/mol. The summed E-state index contributed by atoms with van der Waals surface area (Å²) in [7, 11) is 0. The molecule has 0 saturated carbocycles. The Morgan fingerprint density at radius 3 is 2.57 bits per heavy atom. The van der Waals surface area contributed by atoms with Gasteiger partial charge in [0.15, 0.2) is 0 Å². The van der Waals surface area contributed by atoms with Gasteiger partial charge in [0.25, 0.3) is 0 Å². The van der Waals surface area contributed by atoms with Crippen molar-refractivity contribution in [3.63, 3.8) is 0 Å². The highest BCUT2D eigenvalue weighted by atomic mass is 79.9. The summed E-state index contributed by atoms with van der Waals surface area (Å²) in [5.41, 5.74) is 5.67. The van der Waals surface area contributed by atoms with Gasteiger partial charge in [-0.2, -0.15) is 0 Å². The molecule has 1 aromatic carbocycles. The second-order valence-electron chi connectivity index (χ2n) is 5.08. The Morgan fingerprint density at radius 2 is 2.00 bits per heavy atom. The van der Waals surface area contributed by atoms with E-state index in [0.717, 1.165) is 0 Å². The zero-order chi connectivity index (χ0) is 15.5. The van der Waals surface area contributed by atoms with Crippen LogP contribution in [-0.4, -0.2) is 36.7 Å². The summed E-state index contributed by atoms with van der Waals surface area (Å²) in [4.78, 5) is 23.5. The number of carbonyl (C=O) groups is 2. The number of anilines is 1. The van der Waals surface area contributed by atoms with Crippen molar-refractivity contribution in [2.24, 2.45) is 11.1 Å². The van der Waals surface area contributed by atoms with Crippen molar-refractivity contribution >= 4 is 33.5 Å². The van der Waals surface area contributed by atoms with E-state index in [0.29, 0.717) is 36.2 Å². The Labute approximate surface area is 130 Å². The number of aromatic carboxylic acids is 1. The summed E-state index contributed by atoms with van der Waals surface area (Å²) >= 11 is 3.24. The molecule has 4 N–H and O–H groups in total. The Bertz CT molecular complexity index is 556. The van der Waals surface area contributed by atoms with E-state index in [2.05, 4.69) is 21.2 Å². The Morgan fingerprint density at radius 1 is 1.33 bits per heavy atom. The molecule has 1 saturated heterocycles. The maximum atomic E-state index is 12.5. The van der Waals surface area contributed by atoms with Gasteiger partial charge in [-0.1, -0.05) is 15.9 Å². The number of nitrogens with one attached hydrogen (secondary N) is 1. The van der Waals surface area contributed by atoms with Crippen molar-refractivity contribution in [2.75, 3.05) is 25.1 Å². The lowest BCUT2D eigenvalue weighted by molar-refractivity contribution is -0.130. The fourth-order valence-electron chi connectivity index (χ4n) is 2.33. The molecule has 0 radical (unpaired) electrons. The molecular weight excluding hydrogens is 340 g/mol. The molecule has 114 valence electrons. The number of rotatable bonds is 4. The molecule has 2 rings (SSSR count). The summed E-state index contributed by atoms with van der Waals surface area (Å²) in [6.07, 6.45) is 1.13. The number of hydrogen-bond donors (Lipinski definition) is 3. The van der Waals surface area contributed by atoms with Gasteiger partial charge in [-0.25, -0.2) is 4.79 Å². The molecule has 1 aliphatic heterocycles. The molecule has 0 spiro atoms. The lowest BCUT2D eigenvalue weighted by atomic mass is 9.79. The van der Waals surface area contributed by atoms with E-state index in [4.69, 9.17) is 15.6 Å². The number of carboxylic acid groups (broad SMARTS) is 1. The highest BCUT2D eigenvalue weighted by Crippen LogP contribution is 2.31. The van der Waals surface area contributed by atoms with Crippen LogP contribution in [0.25, 0.3) is 0 Å². The fourth-order valence-corrected chi connectivity index (χ4v) is 2.83. The van der Waals surface area contributed by atoms with Crippen LogP contribution < -0.4 is 11.1 Å². The van der Waals surface area contributed by atoms with Gasteiger partial charge in [-0.05, 0) is 31.0 Å². The van der Waals surface area contributed by atoms with E-state index in [9.17, 15) is 9.59 Å². The number of ether oxygens (including phenoxy) is 1.